The molecular weight excluding hydrogens is 447 g/mol. The average Bonchev–Trinajstić information content (AvgIpc) is 3.09. The lowest BCUT2D eigenvalue weighted by Crippen LogP contribution is -2.47. The van der Waals surface area contributed by atoms with Gasteiger partial charge in [0.25, 0.3) is 0 Å². The number of carbonyl (C=O) groups is 2. The van der Waals surface area contributed by atoms with Gasteiger partial charge in [0.1, 0.15) is 0 Å². The summed E-state index contributed by atoms with van der Waals surface area (Å²) in [6.07, 6.45) is 1.15. The van der Waals surface area contributed by atoms with Crippen molar-refractivity contribution >= 4 is 17.5 Å². The van der Waals surface area contributed by atoms with Crippen molar-refractivity contribution in [2.24, 2.45) is 5.41 Å². The highest BCUT2D eigenvalue weighted by atomic mass is 19.4. The number of rotatable bonds is 5. The first-order valence-electron chi connectivity index (χ1n) is 11.2. The number of likely N-dealkylation sites (tertiary alicyclic amines) is 1. The lowest BCUT2D eigenvalue weighted by molar-refractivity contribution is -0.145. The molecule has 2 fully saturated rings. The third-order valence-electron chi connectivity index (χ3n) is 7.23. The van der Waals surface area contributed by atoms with E-state index >= 15 is 0 Å². The minimum Gasteiger partial charge on any atom is -0.333 e. The molecule has 2 amide bonds. The van der Waals surface area contributed by atoms with Gasteiger partial charge in [-0.15, -0.1) is 0 Å². The van der Waals surface area contributed by atoms with Gasteiger partial charge >= 0.3 is 6.18 Å². The molecule has 7 nitrogen and oxygen atoms in total. The van der Waals surface area contributed by atoms with E-state index in [1.807, 2.05) is 18.2 Å². The first-order chi connectivity index (χ1) is 16.0. The van der Waals surface area contributed by atoms with E-state index in [1.165, 1.54) is 5.56 Å². The van der Waals surface area contributed by atoms with Crippen LogP contribution in [-0.2, 0) is 21.3 Å². The molecule has 1 saturated heterocycles. The molecule has 0 bridgehead atoms. The fraction of sp³-hybridized carbons (Fsp3) is 0.500. The van der Waals surface area contributed by atoms with Crippen molar-refractivity contribution in [3.63, 3.8) is 0 Å². The molecule has 182 valence electrons. The minimum atomic E-state index is -4.65. The zero-order chi connectivity index (χ0) is 24.6. The number of amides is 2. The normalized spacial score (nSPS) is 25.2. The Morgan fingerprint density at radius 1 is 1.09 bits per heavy atom. The number of hydrogen-bond donors (Lipinski definition) is 1. The summed E-state index contributed by atoms with van der Waals surface area (Å²) in [6.45, 7) is 0.347. The summed E-state index contributed by atoms with van der Waals surface area (Å²) in [4.78, 5) is 35.5. The molecule has 10 heteroatoms. The predicted octanol–water partition coefficient (Wildman–Crippen LogP) is 3.68. The number of carbonyl (C=O) groups excluding carboxylic acids is 2. The maximum absolute atomic E-state index is 12.7. The molecule has 2 aliphatic rings. The first kappa shape index (κ1) is 24.1. The number of alkyl halides is 3. The molecule has 0 atom stereocenters. The molecule has 1 spiro atoms. The molecule has 0 unspecified atom stereocenters. The number of nitrogens with one attached hydrogen (secondary N) is 1. The van der Waals surface area contributed by atoms with Crippen LogP contribution in [-0.4, -0.2) is 58.8 Å². The summed E-state index contributed by atoms with van der Waals surface area (Å²) in [7, 11) is 4.18. The second kappa shape index (κ2) is 8.98. The molecule has 4 rings (SSSR count). The van der Waals surface area contributed by atoms with E-state index in [-0.39, 0.29) is 29.1 Å². The van der Waals surface area contributed by atoms with Crippen molar-refractivity contribution in [3.05, 3.63) is 54.1 Å². The van der Waals surface area contributed by atoms with Crippen molar-refractivity contribution in [1.82, 2.24) is 19.8 Å². The molecule has 1 saturated carbocycles. The SMILES string of the molecule is CN(C)C1(c2ccccc2)CCC2(CC1)CC(=O)N(CC(=O)Nc1cnc(C(F)(F)F)nc1)C2. The maximum atomic E-state index is 12.7. The number of nitrogens with zero attached hydrogens (tertiary/aromatic N) is 4. The Morgan fingerprint density at radius 2 is 1.71 bits per heavy atom. The topological polar surface area (TPSA) is 78.4 Å². The second-order valence-corrected chi connectivity index (χ2v) is 9.56. The van der Waals surface area contributed by atoms with Crippen LogP contribution >= 0.6 is 0 Å². The molecule has 1 aromatic carbocycles. The van der Waals surface area contributed by atoms with Gasteiger partial charge in [-0.1, -0.05) is 30.3 Å². The van der Waals surface area contributed by atoms with E-state index in [1.54, 1.807) is 4.90 Å². The zero-order valence-corrected chi connectivity index (χ0v) is 19.2. The summed E-state index contributed by atoms with van der Waals surface area (Å²) < 4.78 is 37.8. The van der Waals surface area contributed by atoms with Crippen LogP contribution in [0.2, 0.25) is 0 Å². The summed E-state index contributed by atoms with van der Waals surface area (Å²) in [5.74, 6) is -1.84. The van der Waals surface area contributed by atoms with Crippen molar-refractivity contribution < 1.29 is 22.8 Å². The van der Waals surface area contributed by atoms with E-state index in [0.29, 0.717) is 13.0 Å². The highest BCUT2D eigenvalue weighted by Crippen LogP contribution is 2.52. The van der Waals surface area contributed by atoms with Crippen LogP contribution < -0.4 is 5.32 Å². The summed E-state index contributed by atoms with van der Waals surface area (Å²) in [5, 5.41) is 2.48. The van der Waals surface area contributed by atoms with Crippen LogP contribution in [0.4, 0.5) is 18.9 Å². The predicted molar refractivity (Wildman–Crippen MR) is 120 cm³/mol. The number of aromatic nitrogens is 2. The van der Waals surface area contributed by atoms with Gasteiger partial charge in [-0.05, 0) is 50.8 Å². The molecule has 0 radical (unpaired) electrons. The zero-order valence-electron chi connectivity index (χ0n) is 19.2. The Balaban J connectivity index is 1.37. The van der Waals surface area contributed by atoms with Crippen LogP contribution in [0.5, 0.6) is 0 Å². The van der Waals surface area contributed by atoms with Gasteiger partial charge in [-0.2, -0.15) is 13.2 Å². The van der Waals surface area contributed by atoms with Crippen LogP contribution in [0.1, 0.15) is 43.5 Å². The van der Waals surface area contributed by atoms with E-state index in [2.05, 4.69) is 46.4 Å². The lowest BCUT2D eigenvalue weighted by Gasteiger charge is -2.48. The fourth-order valence-electron chi connectivity index (χ4n) is 5.31. The summed E-state index contributed by atoms with van der Waals surface area (Å²) in [5.41, 5.74) is 1.08. The summed E-state index contributed by atoms with van der Waals surface area (Å²) in [6, 6.07) is 10.4. The third kappa shape index (κ3) is 4.77. The Labute approximate surface area is 196 Å². The second-order valence-electron chi connectivity index (χ2n) is 9.56. The monoisotopic (exact) mass is 475 g/mol. The molecule has 1 aliphatic carbocycles. The van der Waals surface area contributed by atoms with Crippen LogP contribution in [0.25, 0.3) is 0 Å². The smallest absolute Gasteiger partial charge is 0.333 e. The summed E-state index contributed by atoms with van der Waals surface area (Å²) >= 11 is 0. The quantitative estimate of drug-likeness (QED) is 0.714. The Kier molecular flexibility index (Phi) is 6.37. The van der Waals surface area contributed by atoms with Gasteiger partial charge in [0.2, 0.25) is 17.6 Å². The van der Waals surface area contributed by atoms with Crippen LogP contribution in [0.15, 0.2) is 42.7 Å². The third-order valence-corrected chi connectivity index (χ3v) is 7.23. The van der Waals surface area contributed by atoms with Gasteiger partial charge in [0, 0.05) is 18.5 Å². The molecule has 1 aromatic heterocycles. The highest BCUT2D eigenvalue weighted by molar-refractivity contribution is 5.94. The number of halogens is 3. The first-order valence-corrected chi connectivity index (χ1v) is 11.2. The Bertz CT molecular complexity index is 1030. The van der Waals surface area contributed by atoms with Crippen LogP contribution in [0.3, 0.4) is 0 Å². The van der Waals surface area contributed by atoms with E-state index in [4.69, 9.17) is 0 Å². The number of hydrogen-bond acceptors (Lipinski definition) is 5. The van der Waals surface area contributed by atoms with Crippen molar-refractivity contribution in [3.8, 4) is 0 Å². The fourth-order valence-corrected chi connectivity index (χ4v) is 5.31. The number of benzene rings is 1. The van der Waals surface area contributed by atoms with Crippen molar-refractivity contribution in [2.75, 3.05) is 32.5 Å². The van der Waals surface area contributed by atoms with E-state index in [9.17, 15) is 22.8 Å². The molecular formula is C24H28F3N5O2. The standard InChI is InChI=1S/C24H28F3N5O2/c1-31(2)23(17-6-4-3-5-7-17)10-8-22(9-11-23)12-20(34)32(16-22)15-19(33)30-18-13-28-21(29-14-18)24(25,26)27/h3-7,13-14H,8-12,15-16H2,1-2H3,(H,30,33). The largest absolute Gasteiger partial charge is 0.451 e. The van der Waals surface area contributed by atoms with Crippen LogP contribution in [0, 0.1) is 5.41 Å². The van der Waals surface area contributed by atoms with Crippen molar-refractivity contribution in [1.29, 1.82) is 0 Å². The van der Waals surface area contributed by atoms with Gasteiger partial charge in [0.05, 0.1) is 24.6 Å². The Hall–Kier alpha value is -3.01. The number of anilines is 1. The Morgan fingerprint density at radius 3 is 2.26 bits per heavy atom. The molecule has 1 aliphatic heterocycles. The van der Waals surface area contributed by atoms with E-state index < -0.39 is 17.9 Å². The maximum Gasteiger partial charge on any atom is 0.451 e. The van der Waals surface area contributed by atoms with Gasteiger partial charge in [-0.25, -0.2) is 9.97 Å². The van der Waals surface area contributed by atoms with E-state index in [0.717, 1.165) is 38.1 Å². The molecule has 1 N–H and O–H groups in total. The highest BCUT2D eigenvalue weighted by Gasteiger charge is 2.50. The average molecular weight is 476 g/mol. The molecule has 2 heterocycles. The molecule has 34 heavy (non-hydrogen) atoms. The van der Waals surface area contributed by atoms with Gasteiger partial charge < -0.3 is 10.2 Å². The lowest BCUT2D eigenvalue weighted by atomic mass is 9.64. The van der Waals surface area contributed by atoms with Crippen molar-refractivity contribution in [2.45, 2.75) is 43.8 Å². The minimum absolute atomic E-state index is 0.0515. The van der Waals surface area contributed by atoms with Gasteiger partial charge in [0.15, 0.2) is 0 Å². The molecule has 2 aromatic rings. The van der Waals surface area contributed by atoms with Gasteiger partial charge in [-0.3, -0.25) is 14.5 Å².